The van der Waals surface area contributed by atoms with Crippen LogP contribution in [0.4, 0.5) is 5.69 Å². The quantitative estimate of drug-likeness (QED) is 0.790. The molecule has 1 fully saturated rings. The van der Waals surface area contributed by atoms with Gasteiger partial charge in [0, 0.05) is 50.1 Å². The zero-order valence-electron chi connectivity index (χ0n) is 14.4. The molecule has 1 aliphatic rings. The summed E-state index contributed by atoms with van der Waals surface area (Å²) in [4.78, 5) is 31.0. The molecule has 2 amide bonds. The van der Waals surface area contributed by atoms with Crippen molar-refractivity contribution >= 4 is 29.6 Å². The molecule has 1 N–H and O–H groups in total. The number of hydrogen-bond donors (Lipinski definition) is 1. The van der Waals surface area contributed by atoms with Crippen molar-refractivity contribution in [3.8, 4) is 0 Å². The van der Waals surface area contributed by atoms with Crippen LogP contribution in [-0.4, -0.2) is 59.8 Å². The summed E-state index contributed by atoms with van der Waals surface area (Å²) < 4.78 is 0. The first-order chi connectivity index (χ1) is 12.7. The molecule has 1 aliphatic heterocycles. The van der Waals surface area contributed by atoms with E-state index in [-0.39, 0.29) is 5.91 Å². The number of rotatable bonds is 6. The monoisotopic (exact) mass is 372 g/mol. The summed E-state index contributed by atoms with van der Waals surface area (Å²) in [6.45, 7) is 2.95. The fraction of sp³-hybridized carbons (Fsp3) is 0.316. The molecule has 0 saturated carbocycles. The number of anilines is 1. The molecule has 1 saturated heterocycles. The Bertz CT molecular complexity index is 776. The van der Waals surface area contributed by atoms with Crippen LogP contribution in [0.1, 0.15) is 15.9 Å². The summed E-state index contributed by atoms with van der Waals surface area (Å²) >= 11 is 5.99. The molecule has 0 bridgehead atoms. The summed E-state index contributed by atoms with van der Waals surface area (Å²) in [5.74, 6) is -0.0541. The summed E-state index contributed by atoms with van der Waals surface area (Å²) in [5, 5.41) is 4.02. The molecule has 7 heteroatoms. The minimum absolute atomic E-state index is 0.0541. The SMILES string of the molecule is O=CN1CCN(C(=O)c2cncc(NCCc3cccc(Cl)c3)c2)CC1. The Hall–Kier alpha value is -2.60. The lowest BCUT2D eigenvalue weighted by atomic mass is 10.1. The molecule has 0 radical (unpaired) electrons. The van der Waals surface area contributed by atoms with Gasteiger partial charge in [0.05, 0.1) is 11.3 Å². The van der Waals surface area contributed by atoms with E-state index in [2.05, 4.69) is 10.3 Å². The van der Waals surface area contributed by atoms with E-state index in [4.69, 9.17) is 11.6 Å². The molecule has 26 heavy (non-hydrogen) atoms. The normalized spacial score (nSPS) is 14.2. The molecule has 0 spiro atoms. The van der Waals surface area contributed by atoms with Crippen LogP contribution in [0.2, 0.25) is 5.02 Å². The van der Waals surface area contributed by atoms with Crippen molar-refractivity contribution in [2.24, 2.45) is 0 Å². The van der Waals surface area contributed by atoms with E-state index in [9.17, 15) is 9.59 Å². The Morgan fingerprint density at radius 2 is 2.00 bits per heavy atom. The number of nitrogens with one attached hydrogen (secondary N) is 1. The van der Waals surface area contributed by atoms with Crippen molar-refractivity contribution in [3.63, 3.8) is 0 Å². The van der Waals surface area contributed by atoms with E-state index >= 15 is 0 Å². The van der Waals surface area contributed by atoms with Gasteiger partial charge < -0.3 is 15.1 Å². The minimum atomic E-state index is -0.0541. The molecular formula is C19H21ClN4O2. The fourth-order valence-corrected chi connectivity index (χ4v) is 3.12. The van der Waals surface area contributed by atoms with Crippen LogP contribution >= 0.6 is 11.6 Å². The van der Waals surface area contributed by atoms with Gasteiger partial charge in [-0.2, -0.15) is 0 Å². The standard InChI is InChI=1S/C19H21ClN4O2/c20-17-3-1-2-15(10-17)4-5-22-18-11-16(12-21-13-18)19(26)24-8-6-23(14-25)7-9-24/h1-3,10-14,22H,4-9H2. The maximum atomic E-state index is 12.6. The van der Waals surface area contributed by atoms with E-state index in [1.54, 1.807) is 22.2 Å². The summed E-state index contributed by atoms with van der Waals surface area (Å²) in [5.41, 5.74) is 2.51. The van der Waals surface area contributed by atoms with Gasteiger partial charge in [0.2, 0.25) is 6.41 Å². The predicted octanol–water partition coefficient (Wildman–Crippen LogP) is 2.30. The van der Waals surface area contributed by atoms with Gasteiger partial charge in [-0.15, -0.1) is 0 Å². The van der Waals surface area contributed by atoms with E-state index in [1.807, 2.05) is 30.3 Å². The van der Waals surface area contributed by atoms with Crippen molar-refractivity contribution < 1.29 is 9.59 Å². The molecule has 136 valence electrons. The first-order valence-corrected chi connectivity index (χ1v) is 8.95. The fourth-order valence-electron chi connectivity index (χ4n) is 2.91. The lowest BCUT2D eigenvalue weighted by molar-refractivity contribution is -0.119. The van der Waals surface area contributed by atoms with Gasteiger partial charge in [-0.3, -0.25) is 14.6 Å². The van der Waals surface area contributed by atoms with E-state index in [0.717, 1.165) is 35.6 Å². The van der Waals surface area contributed by atoms with Crippen molar-refractivity contribution in [2.45, 2.75) is 6.42 Å². The van der Waals surface area contributed by atoms with Crippen LogP contribution in [0.15, 0.2) is 42.7 Å². The number of carbonyl (C=O) groups excluding carboxylic acids is 2. The van der Waals surface area contributed by atoms with Gasteiger partial charge in [-0.05, 0) is 30.2 Å². The van der Waals surface area contributed by atoms with Crippen LogP contribution < -0.4 is 5.32 Å². The average Bonchev–Trinajstić information content (AvgIpc) is 2.68. The summed E-state index contributed by atoms with van der Waals surface area (Å²) in [6.07, 6.45) is 4.94. The highest BCUT2D eigenvalue weighted by Gasteiger charge is 2.21. The van der Waals surface area contributed by atoms with Crippen molar-refractivity contribution in [1.82, 2.24) is 14.8 Å². The third-order valence-electron chi connectivity index (χ3n) is 4.37. The summed E-state index contributed by atoms with van der Waals surface area (Å²) in [7, 11) is 0. The van der Waals surface area contributed by atoms with Crippen molar-refractivity contribution in [3.05, 3.63) is 58.9 Å². The first-order valence-electron chi connectivity index (χ1n) is 8.58. The van der Waals surface area contributed by atoms with Gasteiger partial charge in [0.1, 0.15) is 0 Å². The van der Waals surface area contributed by atoms with Crippen LogP contribution in [-0.2, 0) is 11.2 Å². The molecule has 2 heterocycles. The van der Waals surface area contributed by atoms with Gasteiger partial charge in [-0.25, -0.2) is 0 Å². The van der Waals surface area contributed by atoms with E-state index in [1.165, 1.54) is 0 Å². The minimum Gasteiger partial charge on any atom is -0.383 e. The second-order valence-electron chi connectivity index (χ2n) is 6.20. The van der Waals surface area contributed by atoms with Crippen LogP contribution in [0, 0.1) is 0 Å². The number of hydrogen-bond acceptors (Lipinski definition) is 4. The predicted molar refractivity (Wildman–Crippen MR) is 101 cm³/mol. The van der Waals surface area contributed by atoms with Crippen molar-refractivity contribution in [1.29, 1.82) is 0 Å². The number of amides is 2. The number of halogens is 1. The smallest absolute Gasteiger partial charge is 0.255 e. The largest absolute Gasteiger partial charge is 0.383 e. The van der Waals surface area contributed by atoms with Gasteiger partial charge in [0.15, 0.2) is 0 Å². The molecule has 6 nitrogen and oxygen atoms in total. The highest BCUT2D eigenvalue weighted by molar-refractivity contribution is 6.30. The van der Waals surface area contributed by atoms with Crippen LogP contribution in [0.3, 0.4) is 0 Å². The molecule has 1 aromatic carbocycles. The van der Waals surface area contributed by atoms with E-state index < -0.39 is 0 Å². The van der Waals surface area contributed by atoms with Crippen LogP contribution in [0.25, 0.3) is 0 Å². The topological polar surface area (TPSA) is 65.5 Å². The van der Waals surface area contributed by atoms with Gasteiger partial charge in [0.25, 0.3) is 5.91 Å². The van der Waals surface area contributed by atoms with Gasteiger partial charge in [-0.1, -0.05) is 23.7 Å². The Balaban J connectivity index is 1.56. The molecule has 1 aromatic heterocycles. The number of piperazine rings is 1. The number of nitrogens with zero attached hydrogens (tertiary/aromatic N) is 3. The Morgan fingerprint density at radius 1 is 1.19 bits per heavy atom. The maximum absolute atomic E-state index is 12.6. The average molecular weight is 373 g/mol. The number of benzene rings is 1. The zero-order valence-corrected chi connectivity index (χ0v) is 15.2. The zero-order chi connectivity index (χ0) is 18.4. The molecular weight excluding hydrogens is 352 g/mol. The number of pyridine rings is 1. The lowest BCUT2D eigenvalue weighted by Gasteiger charge is -2.32. The number of carbonyl (C=O) groups is 2. The molecule has 2 aromatic rings. The second-order valence-corrected chi connectivity index (χ2v) is 6.64. The Morgan fingerprint density at radius 3 is 2.73 bits per heavy atom. The highest BCUT2D eigenvalue weighted by Crippen LogP contribution is 2.14. The number of aromatic nitrogens is 1. The molecule has 0 unspecified atom stereocenters. The lowest BCUT2D eigenvalue weighted by Crippen LogP contribution is -2.48. The molecule has 0 aliphatic carbocycles. The Kier molecular flexibility index (Phi) is 6.07. The first kappa shape index (κ1) is 18.2. The van der Waals surface area contributed by atoms with E-state index in [0.29, 0.717) is 31.7 Å². The third kappa shape index (κ3) is 4.73. The third-order valence-corrected chi connectivity index (χ3v) is 4.60. The Labute approximate surface area is 157 Å². The maximum Gasteiger partial charge on any atom is 0.255 e. The van der Waals surface area contributed by atoms with Crippen molar-refractivity contribution in [2.75, 3.05) is 38.0 Å². The van der Waals surface area contributed by atoms with Gasteiger partial charge >= 0.3 is 0 Å². The van der Waals surface area contributed by atoms with Crippen LogP contribution in [0.5, 0.6) is 0 Å². The highest BCUT2D eigenvalue weighted by atomic mass is 35.5. The molecule has 3 rings (SSSR count). The second kappa shape index (κ2) is 8.67. The molecule has 0 atom stereocenters. The summed E-state index contributed by atoms with van der Waals surface area (Å²) in [6, 6.07) is 9.58.